The van der Waals surface area contributed by atoms with Crippen LogP contribution >= 0.6 is 35.7 Å². The SMILES string of the molecule is CCNC(=NCCCCSC)NC1CCN(c2ccccc2)CC1.I. The molecule has 0 radical (unpaired) electrons. The molecule has 25 heavy (non-hydrogen) atoms. The van der Waals surface area contributed by atoms with Crippen LogP contribution in [0.5, 0.6) is 0 Å². The number of rotatable bonds is 8. The summed E-state index contributed by atoms with van der Waals surface area (Å²) in [5, 5.41) is 7.01. The van der Waals surface area contributed by atoms with Crippen molar-refractivity contribution in [3.63, 3.8) is 0 Å². The van der Waals surface area contributed by atoms with E-state index >= 15 is 0 Å². The molecule has 1 aliphatic heterocycles. The number of nitrogens with one attached hydrogen (secondary N) is 2. The fraction of sp³-hybridized carbons (Fsp3) is 0.632. The Morgan fingerprint density at radius 3 is 2.56 bits per heavy atom. The Morgan fingerprint density at radius 2 is 1.92 bits per heavy atom. The van der Waals surface area contributed by atoms with Gasteiger partial charge in [0.05, 0.1) is 0 Å². The number of piperidine rings is 1. The van der Waals surface area contributed by atoms with E-state index in [4.69, 9.17) is 4.99 Å². The number of anilines is 1. The average Bonchev–Trinajstić information content (AvgIpc) is 2.63. The standard InChI is InChI=1S/C19H32N4S.HI/c1-3-20-19(21-13-7-8-16-24-2)22-17-11-14-23(15-12-17)18-9-5-4-6-10-18;/h4-6,9-10,17H,3,7-8,11-16H2,1-2H3,(H2,20,21,22);1H. The van der Waals surface area contributed by atoms with Gasteiger partial charge >= 0.3 is 0 Å². The molecular weight excluding hydrogens is 443 g/mol. The number of nitrogens with zero attached hydrogens (tertiary/aromatic N) is 2. The Labute approximate surface area is 174 Å². The molecule has 0 unspecified atom stereocenters. The molecule has 0 saturated carbocycles. The van der Waals surface area contributed by atoms with Crippen molar-refractivity contribution in [2.24, 2.45) is 4.99 Å². The molecule has 6 heteroatoms. The first kappa shape index (κ1) is 22.4. The Balaban J connectivity index is 0.00000312. The van der Waals surface area contributed by atoms with E-state index in [-0.39, 0.29) is 24.0 Å². The normalized spacial score (nSPS) is 15.6. The fourth-order valence-electron chi connectivity index (χ4n) is 2.98. The highest BCUT2D eigenvalue weighted by Gasteiger charge is 2.19. The van der Waals surface area contributed by atoms with Crippen molar-refractivity contribution < 1.29 is 0 Å². The van der Waals surface area contributed by atoms with E-state index in [0.29, 0.717) is 6.04 Å². The van der Waals surface area contributed by atoms with Crippen LogP contribution in [0.25, 0.3) is 0 Å². The van der Waals surface area contributed by atoms with Gasteiger partial charge in [0.2, 0.25) is 0 Å². The molecule has 1 heterocycles. The smallest absolute Gasteiger partial charge is 0.191 e. The first-order valence-electron chi connectivity index (χ1n) is 9.17. The summed E-state index contributed by atoms with van der Waals surface area (Å²) in [6.45, 7) is 6.17. The second kappa shape index (κ2) is 13.6. The molecule has 1 fully saturated rings. The summed E-state index contributed by atoms with van der Waals surface area (Å²) >= 11 is 1.91. The Hall–Kier alpha value is -0.630. The molecule has 0 aromatic heterocycles. The van der Waals surface area contributed by atoms with Gasteiger partial charge in [-0.1, -0.05) is 18.2 Å². The maximum atomic E-state index is 4.73. The molecular formula is C19H33IN4S. The van der Waals surface area contributed by atoms with Gasteiger partial charge in [0.25, 0.3) is 0 Å². The third kappa shape index (κ3) is 8.53. The van der Waals surface area contributed by atoms with Gasteiger partial charge in [0.15, 0.2) is 5.96 Å². The van der Waals surface area contributed by atoms with Crippen LogP contribution in [-0.4, -0.2) is 50.2 Å². The maximum absolute atomic E-state index is 4.73. The monoisotopic (exact) mass is 476 g/mol. The first-order valence-corrected chi connectivity index (χ1v) is 10.6. The highest BCUT2D eigenvalue weighted by Crippen LogP contribution is 2.19. The van der Waals surface area contributed by atoms with Gasteiger partial charge in [-0.3, -0.25) is 4.99 Å². The summed E-state index contributed by atoms with van der Waals surface area (Å²) in [6, 6.07) is 11.2. The lowest BCUT2D eigenvalue weighted by atomic mass is 10.0. The van der Waals surface area contributed by atoms with Gasteiger partial charge in [0, 0.05) is 37.9 Å². The number of guanidine groups is 1. The summed E-state index contributed by atoms with van der Waals surface area (Å²) in [7, 11) is 0. The van der Waals surface area contributed by atoms with Crippen LogP contribution in [0.3, 0.4) is 0 Å². The highest BCUT2D eigenvalue weighted by atomic mass is 127. The van der Waals surface area contributed by atoms with Crippen molar-refractivity contribution in [3.8, 4) is 0 Å². The molecule has 4 nitrogen and oxygen atoms in total. The quantitative estimate of drug-likeness (QED) is 0.258. The average molecular weight is 476 g/mol. The molecule has 1 aromatic rings. The Bertz CT molecular complexity index is 476. The summed E-state index contributed by atoms with van der Waals surface area (Å²) < 4.78 is 0. The maximum Gasteiger partial charge on any atom is 0.191 e. The largest absolute Gasteiger partial charge is 0.371 e. The first-order chi connectivity index (χ1) is 11.8. The summed E-state index contributed by atoms with van der Waals surface area (Å²) in [5.41, 5.74) is 1.34. The zero-order chi connectivity index (χ0) is 17.0. The minimum absolute atomic E-state index is 0. The number of thioether (sulfide) groups is 1. The Kier molecular flexibility index (Phi) is 12.2. The molecule has 0 atom stereocenters. The summed E-state index contributed by atoms with van der Waals surface area (Å²) in [4.78, 5) is 7.20. The van der Waals surface area contributed by atoms with Crippen LogP contribution in [-0.2, 0) is 0 Å². The van der Waals surface area contributed by atoms with Gasteiger partial charge in [-0.15, -0.1) is 24.0 Å². The molecule has 0 spiro atoms. The molecule has 1 aliphatic rings. The number of hydrogen-bond acceptors (Lipinski definition) is 3. The van der Waals surface area contributed by atoms with E-state index < -0.39 is 0 Å². The molecule has 2 rings (SSSR count). The number of halogens is 1. The van der Waals surface area contributed by atoms with E-state index in [1.165, 1.54) is 24.3 Å². The van der Waals surface area contributed by atoms with Crippen LogP contribution in [0, 0.1) is 0 Å². The van der Waals surface area contributed by atoms with Gasteiger partial charge < -0.3 is 15.5 Å². The number of benzene rings is 1. The van der Waals surface area contributed by atoms with Crippen molar-refractivity contribution in [2.75, 3.05) is 43.1 Å². The van der Waals surface area contributed by atoms with Crippen molar-refractivity contribution in [1.29, 1.82) is 0 Å². The van der Waals surface area contributed by atoms with E-state index in [0.717, 1.165) is 45.0 Å². The predicted octanol–water partition coefficient (Wildman–Crippen LogP) is 3.97. The van der Waals surface area contributed by atoms with Gasteiger partial charge in [0.1, 0.15) is 0 Å². The zero-order valence-electron chi connectivity index (χ0n) is 15.5. The van der Waals surface area contributed by atoms with Crippen molar-refractivity contribution >= 4 is 47.4 Å². The molecule has 1 saturated heterocycles. The molecule has 0 bridgehead atoms. The number of aliphatic imine (C=N–C) groups is 1. The lowest BCUT2D eigenvalue weighted by Crippen LogP contribution is -2.48. The van der Waals surface area contributed by atoms with E-state index in [1.807, 2.05) is 11.8 Å². The van der Waals surface area contributed by atoms with Crippen molar-refractivity contribution in [1.82, 2.24) is 10.6 Å². The number of para-hydroxylation sites is 1. The van der Waals surface area contributed by atoms with Gasteiger partial charge in [-0.05, 0) is 56.7 Å². The van der Waals surface area contributed by atoms with Crippen LogP contribution in [0.15, 0.2) is 35.3 Å². The molecule has 0 amide bonds. The summed E-state index contributed by atoms with van der Waals surface area (Å²) in [6.07, 6.45) is 6.90. The number of hydrogen-bond donors (Lipinski definition) is 2. The minimum Gasteiger partial charge on any atom is -0.371 e. The zero-order valence-corrected chi connectivity index (χ0v) is 18.7. The number of unbranched alkanes of at least 4 members (excludes halogenated alkanes) is 1. The third-order valence-electron chi connectivity index (χ3n) is 4.33. The molecule has 142 valence electrons. The van der Waals surface area contributed by atoms with Gasteiger partial charge in [-0.25, -0.2) is 0 Å². The fourth-order valence-corrected chi connectivity index (χ4v) is 3.48. The van der Waals surface area contributed by atoms with Crippen LogP contribution in [0.1, 0.15) is 32.6 Å². The van der Waals surface area contributed by atoms with Crippen molar-refractivity contribution in [3.05, 3.63) is 30.3 Å². The van der Waals surface area contributed by atoms with E-state index in [9.17, 15) is 0 Å². The second-order valence-corrected chi connectivity index (χ2v) is 7.19. The molecule has 1 aromatic carbocycles. The van der Waals surface area contributed by atoms with Crippen LogP contribution in [0.2, 0.25) is 0 Å². The minimum atomic E-state index is 0. The predicted molar refractivity (Wildman–Crippen MR) is 124 cm³/mol. The van der Waals surface area contributed by atoms with E-state index in [1.54, 1.807) is 0 Å². The third-order valence-corrected chi connectivity index (χ3v) is 5.02. The lowest BCUT2D eigenvalue weighted by molar-refractivity contribution is 0.461. The molecule has 0 aliphatic carbocycles. The second-order valence-electron chi connectivity index (χ2n) is 6.20. The van der Waals surface area contributed by atoms with Crippen LogP contribution in [0.4, 0.5) is 5.69 Å². The van der Waals surface area contributed by atoms with Crippen LogP contribution < -0.4 is 15.5 Å². The topological polar surface area (TPSA) is 39.7 Å². The lowest BCUT2D eigenvalue weighted by Gasteiger charge is -2.34. The Morgan fingerprint density at radius 1 is 1.20 bits per heavy atom. The molecule has 2 N–H and O–H groups in total. The van der Waals surface area contributed by atoms with Gasteiger partial charge in [-0.2, -0.15) is 11.8 Å². The van der Waals surface area contributed by atoms with Crippen molar-refractivity contribution in [2.45, 2.75) is 38.6 Å². The summed E-state index contributed by atoms with van der Waals surface area (Å²) in [5.74, 6) is 2.22. The van der Waals surface area contributed by atoms with E-state index in [2.05, 4.69) is 59.0 Å². The highest BCUT2D eigenvalue weighted by molar-refractivity contribution is 14.0.